The molecule has 3 aromatic rings. The molecule has 0 amide bonds. The second-order valence-electron chi connectivity index (χ2n) is 7.42. The number of hydrogen-bond acceptors (Lipinski definition) is 6. The third-order valence-electron chi connectivity index (χ3n) is 5.33. The van der Waals surface area contributed by atoms with Crippen molar-refractivity contribution in [3.63, 3.8) is 0 Å². The number of ether oxygens (including phenoxy) is 2. The minimum atomic E-state index is -1.14. The van der Waals surface area contributed by atoms with E-state index >= 15 is 0 Å². The Labute approximate surface area is 178 Å². The van der Waals surface area contributed by atoms with Gasteiger partial charge in [-0.25, -0.2) is 4.79 Å². The molecule has 1 aliphatic rings. The molecule has 1 fully saturated rings. The molecule has 2 aromatic carbocycles. The van der Waals surface area contributed by atoms with Crippen LogP contribution in [0.5, 0.6) is 0 Å². The average Bonchev–Trinajstić information content (AvgIpc) is 3.11. The third kappa shape index (κ3) is 4.52. The van der Waals surface area contributed by atoms with E-state index < -0.39 is 42.4 Å². The van der Waals surface area contributed by atoms with Gasteiger partial charge in [0.15, 0.2) is 6.23 Å². The van der Waals surface area contributed by atoms with Crippen molar-refractivity contribution in [3.05, 3.63) is 105 Å². The van der Waals surface area contributed by atoms with Crippen LogP contribution in [0.2, 0.25) is 0 Å². The van der Waals surface area contributed by atoms with Crippen LogP contribution < -0.4 is 11.2 Å². The summed E-state index contributed by atoms with van der Waals surface area (Å²) in [6.45, 7) is -0.131. The Kier molecular flexibility index (Phi) is 6.43. The van der Waals surface area contributed by atoms with Crippen LogP contribution in [0.3, 0.4) is 0 Å². The SMILES string of the molecule is O=c1ccn([C@@H]2O[C@H](CO)[C@@H](O)[C@H]2OCc2ccccc2)c(=O)n1Cc1ccccc1. The summed E-state index contributed by atoms with van der Waals surface area (Å²) in [6.07, 6.45) is -2.61. The highest BCUT2D eigenvalue weighted by Gasteiger charge is 2.45. The molecule has 0 saturated carbocycles. The highest BCUT2D eigenvalue weighted by Crippen LogP contribution is 2.31. The first kappa shape index (κ1) is 21.2. The Balaban J connectivity index is 1.64. The van der Waals surface area contributed by atoms with Crippen molar-refractivity contribution in [2.45, 2.75) is 37.7 Å². The van der Waals surface area contributed by atoms with E-state index in [1.807, 2.05) is 60.7 Å². The maximum Gasteiger partial charge on any atom is 0.333 e. The zero-order valence-electron chi connectivity index (χ0n) is 16.8. The lowest BCUT2D eigenvalue weighted by Crippen LogP contribution is -2.43. The minimum absolute atomic E-state index is 0.105. The van der Waals surface area contributed by atoms with Crippen molar-refractivity contribution in [1.82, 2.24) is 9.13 Å². The highest BCUT2D eigenvalue weighted by atomic mass is 16.6. The maximum absolute atomic E-state index is 13.1. The molecule has 1 aliphatic heterocycles. The van der Waals surface area contributed by atoms with Crippen molar-refractivity contribution in [2.24, 2.45) is 0 Å². The van der Waals surface area contributed by atoms with Gasteiger partial charge in [0.2, 0.25) is 0 Å². The molecule has 4 atom stereocenters. The van der Waals surface area contributed by atoms with Crippen LogP contribution in [0.4, 0.5) is 0 Å². The molecule has 8 heteroatoms. The monoisotopic (exact) mass is 424 g/mol. The standard InChI is InChI=1S/C23H24N2O6/c26-14-18-20(28)21(30-15-17-9-5-2-6-10-17)22(31-18)24-12-11-19(27)25(23(24)29)13-16-7-3-1-4-8-16/h1-12,18,20-22,26,28H,13-15H2/t18-,20-,21-,22-/m1/s1. The van der Waals surface area contributed by atoms with Gasteiger partial charge >= 0.3 is 5.69 Å². The lowest BCUT2D eigenvalue weighted by molar-refractivity contribution is -0.0802. The van der Waals surface area contributed by atoms with Gasteiger partial charge in [0.1, 0.15) is 18.3 Å². The Morgan fingerprint density at radius 1 is 0.935 bits per heavy atom. The Hall–Kier alpha value is -3.04. The molecule has 0 aliphatic carbocycles. The van der Waals surface area contributed by atoms with Crippen molar-refractivity contribution in [1.29, 1.82) is 0 Å². The second-order valence-corrected chi connectivity index (χ2v) is 7.42. The van der Waals surface area contributed by atoms with Gasteiger partial charge in [0.25, 0.3) is 5.56 Å². The van der Waals surface area contributed by atoms with Gasteiger partial charge in [-0.3, -0.25) is 13.9 Å². The van der Waals surface area contributed by atoms with Gasteiger partial charge in [-0.1, -0.05) is 60.7 Å². The Morgan fingerprint density at radius 3 is 2.23 bits per heavy atom. The molecule has 4 rings (SSSR count). The molecular formula is C23H24N2O6. The molecule has 8 nitrogen and oxygen atoms in total. The van der Waals surface area contributed by atoms with E-state index in [1.54, 1.807) is 0 Å². The topological polar surface area (TPSA) is 103 Å². The fourth-order valence-corrected chi connectivity index (χ4v) is 3.68. The summed E-state index contributed by atoms with van der Waals surface area (Å²) >= 11 is 0. The smallest absolute Gasteiger partial charge is 0.333 e. The molecule has 1 aromatic heterocycles. The van der Waals surface area contributed by atoms with E-state index in [0.717, 1.165) is 15.7 Å². The Bertz CT molecular complexity index is 1110. The minimum Gasteiger partial charge on any atom is -0.394 e. The fraction of sp³-hybridized carbons (Fsp3) is 0.304. The van der Waals surface area contributed by atoms with E-state index in [4.69, 9.17) is 9.47 Å². The molecule has 0 spiro atoms. The highest BCUT2D eigenvalue weighted by molar-refractivity contribution is 5.15. The average molecular weight is 424 g/mol. The van der Waals surface area contributed by atoms with Gasteiger partial charge in [0.05, 0.1) is 19.8 Å². The number of hydrogen-bond donors (Lipinski definition) is 2. The summed E-state index contributed by atoms with van der Waals surface area (Å²) in [6, 6.07) is 19.8. The summed E-state index contributed by atoms with van der Waals surface area (Å²) < 4.78 is 14.0. The number of benzene rings is 2. The van der Waals surface area contributed by atoms with Crippen LogP contribution in [0.1, 0.15) is 17.4 Å². The molecule has 2 heterocycles. The molecule has 31 heavy (non-hydrogen) atoms. The van der Waals surface area contributed by atoms with Gasteiger partial charge in [0, 0.05) is 12.3 Å². The lowest BCUT2D eigenvalue weighted by Gasteiger charge is -2.23. The van der Waals surface area contributed by atoms with Crippen LogP contribution in [0.25, 0.3) is 0 Å². The van der Waals surface area contributed by atoms with Crippen LogP contribution >= 0.6 is 0 Å². The maximum atomic E-state index is 13.1. The summed E-state index contributed by atoms with van der Waals surface area (Å²) in [7, 11) is 0. The van der Waals surface area contributed by atoms with Crippen molar-refractivity contribution < 1.29 is 19.7 Å². The van der Waals surface area contributed by atoms with Crippen LogP contribution in [0.15, 0.2) is 82.5 Å². The molecule has 0 radical (unpaired) electrons. The van der Waals surface area contributed by atoms with Crippen molar-refractivity contribution in [2.75, 3.05) is 6.61 Å². The molecular weight excluding hydrogens is 400 g/mol. The molecule has 0 bridgehead atoms. The number of aliphatic hydroxyl groups excluding tert-OH is 2. The number of aliphatic hydroxyl groups is 2. The summed E-state index contributed by atoms with van der Waals surface area (Å²) in [5.74, 6) is 0. The zero-order valence-corrected chi connectivity index (χ0v) is 16.8. The van der Waals surface area contributed by atoms with E-state index in [9.17, 15) is 19.8 Å². The summed E-state index contributed by atoms with van der Waals surface area (Å²) in [5.41, 5.74) is 0.670. The number of aromatic nitrogens is 2. The zero-order chi connectivity index (χ0) is 21.8. The van der Waals surface area contributed by atoms with Gasteiger partial charge in [-0.15, -0.1) is 0 Å². The van der Waals surface area contributed by atoms with Crippen LogP contribution in [-0.2, 0) is 22.6 Å². The van der Waals surface area contributed by atoms with E-state index in [1.165, 1.54) is 16.8 Å². The van der Waals surface area contributed by atoms with E-state index in [-0.39, 0.29) is 13.2 Å². The predicted molar refractivity (Wildman–Crippen MR) is 113 cm³/mol. The normalized spacial score (nSPS) is 23.2. The van der Waals surface area contributed by atoms with Gasteiger partial charge < -0.3 is 19.7 Å². The Morgan fingerprint density at radius 2 is 1.58 bits per heavy atom. The van der Waals surface area contributed by atoms with Crippen molar-refractivity contribution >= 4 is 0 Å². The van der Waals surface area contributed by atoms with Crippen LogP contribution in [0, 0.1) is 0 Å². The largest absolute Gasteiger partial charge is 0.394 e. The first-order valence-electron chi connectivity index (χ1n) is 10.0. The van der Waals surface area contributed by atoms with Gasteiger partial charge in [-0.05, 0) is 11.1 Å². The predicted octanol–water partition coefficient (Wildman–Crippen LogP) is 0.894. The van der Waals surface area contributed by atoms with Crippen molar-refractivity contribution in [3.8, 4) is 0 Å². The molecule has 2 N–H and O–H groups in total. The second kappa shape index (κ2) is 9.40. The first-order chi connectivity index (χ1) is 15.1. The fourth-order valence-electron chi connectivity index (χ4n) is 3.68. The van der Waals surface area contributed by atoms with Crippen LogP contribution in [-0.4, -0.2) is 44.3 Å². The molecule has 1 saturated heterocycles. The lowest BCUT2D eigenvalue weighted by atomic mass is 10.1. The summed E-state index contributed by atoms with van der Waals surface area (Å²) in [5, 5.41) is 20.2. The van der Waals surface area contributed by atoms with Gasteiger partial charge in [-0.2, -0.15) is 0 Å². The summed E-state index contributed by atoms with van der Waals surface area (Å²) in [4.78, 5) is 25.5. The number of nitrogens with zero attached hydrogens (tertiary/aromatic N) is 2. The quantitative estimate of drug-likeness (QED) is 0.584. The first-order valence-corrected chi connectivity index (χ1v) is 10.0. The molecule has 162 valence electrons. The number of rotatable bonds is 7. The third-order valence-corrected chi connectivity index (χ3v) is 5.33. The molecule has 0 unspecified atom stereocenters. The van der Waals surface area contributed by atoms with E-state index in [2.05, 4.69) is 0 Å². The van der Waals surface area contributed by atoms with E-state index in [0.29, 0.717) is 0 Å².